The Morgan fingerprint density at radius 2 is 1.81 bits per heavy atom. The highest BCUT2D eigenvalue weighted by Crippen LogP contribution is 2.27. The topological polar surface area (TPSA) is 3.24 Å². The second kappa shape index (κ2) is 8.05. The molecule has 2 unspecified atom stereocenters. The molecule has 1 nitrogen and oxygen atoms in total. The number of hydrogen-bond acceptors (Lipinski definition) is 1. The van der Waals surface area contributed by atoms with Crippen LogP contribution in [0.5, 0.6) is 0 Å². The van der Waals surface area contributed by atoms with Gasteiger partial charge in [0.15, 0.2) is 0 Å². The second-order valence-corrected chi connectivity index (χ2v) is 5.36. The van der Waals surface area contributed by atoms with E-state index in [-0.39, 0.29) is 5.54 Å². The molecule has 0 heterocycles. The van der Waals surface area contributed by atoms with Crippen molar-refractivity contribution in [3.05, 3.63) is 0 Å². The van der Waals surface area contributed by atoms with Crippen LogP contribution >= 0.6 is 0 Å². The van der Waals surface area contributed by atoms with Crippen molar-refractivity contribution in [2.24, 2.45) is 0 Å². The van der Waals surface area contributed by atoms with Crippen molar-refractivity contribution in [1.82, 2.24) is 4.90 Å². The van der Waals surface area contributed by atoms with E-state index >= 15 is 0 Å². The van der Waals surface area contributed by atoms with Gasteiger partial charge in [0.1, 0.15) is 0 Å². The number of hydrogen-bond donors (Lipinski definition) is 0. The molecule has 16 heavy (non-hydrogen) atoms. The first kappa shape index (κ1) is 15.9. The van der Waals surface area contributed by atoms with Crippen LogP contribution in [0, 0.1) is 0 Å². The second-order valence-electron chi connectivity index (χ2n) is 5.36. The summed E-state index contributed by atoms with van der Waals surface area (Å²) in [4.78, 5) is 2.35. The molecule has 0 aromatic heterocycles. The van der Waals surface area contributed by atoms with Crippen LogP contribution in [0.4, 0.5) is 4.39 Å². The molecule has 0 aliphatic rings. The molecule has 2 heteroatoms. The van der Waals surface area contributed by atoms with Crippen LogP contribution in [0.15, 0.2) is 0 Å². The van der Waals surface area contributed by atoms with Crippen molar-refractivity contribution in [2.45, 2.75) is 77.9 Å². The maximum Gasteiger partial charge on any atom is 0.0991 e. The predicted octanol–water partition coefficient (Wildman–Crippen LogP) is 4.42. The highest BCUT2D eigenvalue weighted by Gasteiger charge is 2.30. The fraction of sp³-hybridized carbons (Fsp3) is 1.00. The maximum absolute atomic E-state index is 13.3. The fourth-order valence-corrected chi connectivity index (χ4v) is 2.42. The van der Waals surface area contributed by atoms with Crippen LogP contribution in [-0.2, 0) is 0 Å². The van der Waals surface area contributed by atoms with Crippen LogP contribution in [0.1, 0.15) is 66.2 Å². The van der Waals surface area contributed by atoms with E-state index in [2.05, 4.69) is 32.7 Å². The molecule has 0 aromatic rings. The average Bonchev–Trinajstić information content (AvgIpc) is 2.17. The van der Waals surface area contributed by atoms with Crippen LogP contribution in [-0.4, -0.2) is 30.2 Å². The summed E-state index contributed by atoms with van der Waals surface area (Å²) in [5, 5.41) is 0. The Morgan fingerprint density at radius 3 is 2.25 bits per heavy atom. The third kappa shape index (κ3) is 5.83. The molecular formula is C14H30FN. The zero-order chi connectivity index (χ0) is 12.6. The lowest BCUT2D eigenvalue weighted by atomic mass is 9.87. The first-order valence-corrected chi connectivity index (χ1v) is 6.81. The minimum absolute atomic E-state index is 0.0410. The lowest BCUT2D eigenvalue weighted by Crippen LogP contribution is -2.45. The third-order valence-corrected chi connectivity index (χ3v) is 3.52. The summed E-state index contributed by atoms with van der Waals surface area (Å²) in [5.41, 5.74) is 0.0410. The number of nitrogens with zero attached hydrogens (tertiary/aromatic N) is 1. The van der Waals surface area contributed by atoms with Gasteiger partial charge in [-0.3, -0.25) is 0 Å². The average molecular weight is 231 g/mol. The van der Waals surface area contributed by atoms with Crippen molar-refractivity contribution in [3.8, 4) is 0 Å². The first-order chi connectivity index (χ1) is 7.46. The van der Waals surface area contributed by atoms with Crippen LogP contribution in [0.3, 0.4) is 0 Å². The summed E-state index contributed by atoms with van der Waals surface area (Å²) in [5.74, 6) is 0. The van der Waals surface area contributed by atoms with E-state index < -0.39 is 6.17 Å². The number of halogens is 1. The van der Waals surface area contributed by atoms with Gasteiger partial charge < -0.3 is 4.90 Å². The zero-order valence-corrected chi connectivity index (χ0v) is 11.9. The van der Waals surface area contributed by atoms with Gasteiger partial charge in [0, 0.05) is 5.54 Å². The highest BCUT2D eigenvalue weighted by atomic mass is 19.1. The van der Waals surface area contributed by atoms with Crippen molar-refractivity contribution < 1.29 is 4.39 Å². The van der Waals surface area contributed by atoms with Gasteiger partial charge in [0.05, 0.1) is 6.17 Å². The van der Waals surface area contributed by atoms with Crippen LogP contribution in [0.25, 0.3) is 0 Å². The first-order valence-electron chi connectivity index (χ1n) is 6.81. The Bertz CT molecular complexity index is 170. The van der Waals surface area contributed by atoms with Gasteiger partial charge in [-0.1, -0.05) is 33.1 Å². The van der Waals surface area contributed by atoms with Crippen molar-refractivity contribution >= 4 is 0 Å². The zero-order valence-electron chi connectivity index (χ0n) is 11.9. The summed E-state index contributed by atoms with van der Waals surface area (Å²) < 4.78 is 13.3. The van der Waals surface area contributed by atoms with Gasteiger partial charge in [-0.15, -0.1) is 0 Å². The Morgan fingerprint density at radius 1 is 1.19 bits per heavy atom. The molecule has 0 radical (unpaired) electrons. The Labute approximate surface area is 101 Å². The molecule has 0 spiro atoms. The van der Waals surface area contributed by atoms with E-state index in [0.29, 0.717) is 6.42 Å². The Kier molecular flexibility index (Phi) is 8.00. The summed E-state index contributed by atoms with van der Waals surface area (Å²) >= 11 is 0. The molecule has 98 valence electrons. The molecule has 0 bridgehead atoms. The van der Waals surface area contributed by atoms with E-state index in [1.54, 1.807) is 6.92 Å². The lowest BCUT2D eigenvalue weighted by Gasteiger charge is -2.40. The van der Waals surface area contributed by atoms with Gasteiger partial charge in [0.25, 0.3) is 0 Å². The van der Waals surface area contributed by atoms with Gasteiger partial charge in [0.2, 0.25) is 0 Å². The summed E-state index contributed by atoms with van der Waals surface area (Å²) in [6.07, 6.45) is 5.92. The van der Waals surface area contributed by atoms with E-state index in [9.17, 15) is 4.39 Å². The standard InChI is InChI=1S/C14H30FN/c1-6-8-9-10-14(4,12-13(3)15)16(5)11-7-2/h13H,6-12H2,1-5H3. The minimum atomic E-state index is -0.703. The molecule has 0 aliphatic heterocycles. The van der Waals surface area contributed by atoms with Crippen molar-refractivity contribution in [1.29, 1.82) is 0 Å². The summed E-state index contributed by atoms with van der Waals surface area (Å²) in [7, 11) is 2.14. The number of rotatable bonds is 9. The van der Waals surface area contributed by atoms with E-state index in [1.807, 2.05) is 0 Å². The SMILES string of the molecule is CCCCCC(C)(CC(C)F)N(C)CCC. The maximum atomic E-state index is 13.3. The third-order valence-electron chi connectivity index (χ3n) is 3.52. The van der Waals surface area contributed by atoms with Gasteiger partial charge in [-0.05, 0) is 46.7 Å². The molecule has 0 amide bonds. The molecule has 0 rings (SSSR count). The van der Waals surface area contributed by atoms with Crippen molar-refractivity contribution in [2.75, 3.05) is 13.6 Å². The number of alkyl halides is 1. The molecular weight excluding hydrogens is 201 g/mol. The summed E-state index contributed by atoms with van der Waals surface area (Å²) in [6.45, 7) is 9.36. The van der Waals surface area contributed by atoms with Crippen LogP contribution in [0.2, 0.25) is 0 Å². The molecule has 0 saturated carbocycles. The molecule has 0 N–H and O–H groups in total. The quantitative estimate of drug-likeness (QED) is 0.531. The van der Waals surface area contributed by atoms with E-state index in [4.69, 9.17) is 0 Å². The van der Waals surface area contributed by atoms with E-state index in [1.165, 1.54) is 19.3 Å². The minimum Gasteiger partial charge on any atom is -0.301 e. The normalized spacial score (nSPS) is 17.4. The Balaban J connectivity index is 4.34. The number of unbranched alkanes of at least 4 members (excludes halogenated alkanes) is 2. The van der Waals surface area contributed by atoms with Gasteiger partial charge >= 0.3 is 0 Å². The van der Waals surface area contributed by atoms with Gasteiger partial charge in [-0.25, -0.2) is 4.39 Å². The fourth-order valence-electron chi connectivity index (χ4n) is 2.42. The van der Waals surface area contributed by atoms with E-state index in [0.717, 1.165) is 19.4 Å². The molecule has 0 aromatic carbocycles. The van der Waals surface area contributed by atoms with Crippen LogP contribution < -0.4 is 0 Å². The Hall–Kier alpha value is -0.110. The molecule has 2 atom stereocenters. The molecule has 0 fully saturated rings. The van der Waals surface area contributed by atoms with Crippen molar-refractivity contribution in [3.63, 3.8) is 0 Å². The molecule has 0 aliphatic carbocycles. The predicted molar refractivity (Wildman–Crippen MR) is 70.7 cm³/mol. The highest BCUT2D eigenvalue weighted by molar-refractivity contribution is 4.86. The molecule has 0 saturated heterocycles. The smallest absolute Gasteiger partial charge is 0.0991 e. The lowest BCUT2D eigenvalue weighted by molar-refractivity contribution is 0.0859. The summed E-state index contributed by atoms with van der Waals surface area (Å²) in [6, 6.07) is 0. The largest absolute Gasteiger partial charge is 0.301 e. The van der Waals surface area contributed by atoms with Gasteiger partial charge in [-0.2, -0.15) is 0 Å². The monoisotopic (exact) mass is 231 g/mol.